The van der Waals surface area contributed by atoms with E-state index in [9.17, 15) is 0 Å². The van der Waals surface area contributed by atoms with Crippen LogP contribution in [-0.2, 0) is 13.0 Å². The minimum atomic E-state index is 0.525. The van der Waals surface area contributed by atoms with Crippen molar-refractivity contribution in [1.82, 2.24) is 4.98 Å². The van der Waals surface area contributed by atoms with Gasteiger partial charge in [-0.3, -0.25) is 0 Å². The normalized spacial score (nSPS) is 12.5. The number of aryl methyl sites for hydroxylation is 1. The highest BCUT2D eigenvalue weighted by atomic mass is 15.2. The third-order valence-electron chi connectivity index (χ3n) is 3.69. The van der Waals surface area contributed by atoms with Crippen molar-refractivity contribution in [3.63, 3.8) is 0 Å². The molecule has 0 aromatic carbocycles. The Morgan fingerprint density at radius 3 is 2.53 bits per heavy atom. The summed E-state index contributed by atoms with van der Waals surface area (Å²) in [6.07, 6.45) is 4.52. The molecule has 3 heteroatoms. The zero-order valence-electron chi connectivity index (χ0n) is 12.9. The number of nitrogens with zero attached hydrogens (tertiary/aromatic N) is 2. The fourth-order valence-electron chi connectivity index (χ4n) is 2.19. The summed E-state index contributed by atoms with van der Waals surface area (Å²) in [5.74, 6) is 1.10. The molecule has 0 fully saturated rings. The molecule has 0 aliphatic heterocycles. The predicted octanol–water partition coefficient (Wildman–Crippen LogP) is 3.51. The first-order valence-electron chi connectivity index (χ1n) is 7.62. The molecule has 1 rings (SSSR count). The van der Waals surface area contributed by atoms with Gasteiger partial charge in [0.2, 0.25) is 0 Å². The number of rotatable bonds is 8. The van der Waals surface area contributed by atoms with Crippen molar-refractivity contribution >= 4 is 5.82 Å². The number of hydrogen-bond donors (Lipinski definition) is 1. The average molecular weight is 263 g/mol. The second-order valence-electron chi connectivity index (χ2n) is 5.19. The lowest BCUT2D eigenvalue weighted by Gasteiger charge is -2.30. The van der Waals surface area contributed by atoms with Gasteiger partial charge in [0.15, 0.2) is 0 Å². The lowest BCUT2D eigenvalue weighted by molar-refractivity contribution is 0.588. The molecule has 0 saturated carbocycles. The topological polar surface area (TPSA) is 42.1 Å². The molecule has 1 aromatic heterocycles. The van der Waals surface area contributed by atoms with Crippen LogP contribution in [0.15, 0.2) is 12.1 Å². The minimum Gasteiger partial charge on any atom is -0.354 e. The van der Waals surface area contributed by atoms with Crippen LogP contribution in [0.2, 0.25) is 0 Å². The van der Waals surface area contributed by atoms with Gasteiger partial charge in [0.25, 0.3) is 0 Å². The summed E-state index contributed by atoms with van der Waals surface area (Å²) in [6, 6.07) is 4.80. The van der Waals surface area contributed by atoms with E-state index in [-0.39, 0.29) is 0 Å². The van der Waals surface area contributed by atoms with E-state index in [0.717, 1.165) is 30.9 Å². The highest BCUT2D eigenvalue weighted by Crippen LogP contribution is 2.20. The van der Waals surface area contributed by atoms with Crippen molar-refractivity contribution in [1.29, 1.82) is 0 Å². The Hall–Kier alpha value is -1.09. The van der Waals surface area contributed by atoms with Crippen molar-refractivity contribution in [2.24, 2.45) is 5.73 Å². The number of unbranched alkanes of at least 4 members (excludes halogenated alkanes) is 1. The number of pyridine rings is 1. The molecule has 0 bridgehead atoms. The molecular weight excluding hydrogens is 234 g/mol. The Bertz CT molecular complexity index is 354. The van der Waals surface area contributed by atoms with Gasteiger partial charge in [0, 0.05) is 24.8 Å². The molecule has 1 aromatic rings. The summed E-state index contributed by atoms with van der Waals surface area (Å²) in [5.41, 5.74) is 8.13. The van der Waals surface area contributed by atoms with E-state index in [1.807, 2.05) is 0 Å². The minimum absolute atomic E-state index is 0.525. The van der Waals surface area contributed by atoms with Gasteiger partial charge in [-0.25, -0.2) is 4.98 Å². The monoisotopic (exact) mass is 263 g/mol. The molecule has 0 spiro atoms. The maximum absolute atomic E-state index is 5.80. The van der Waals surface area contributed by atoms with Crippen molar-refractivity contribution in [2.45, 2.75) is 66.0 Å². The Balaban J connectivity index is 3.05. The van der Waals surface area contributed by atoms with Gasteiger partial charge in [-0.05, 0) is 43.9 Å². The third-order valence-corrected chi connectivity index (χ3v) is 3.69. The number of anilines is 1. The molecule has 108 valence electrons. The van der Waals surface area contributed by atoms with E-state index in [0.29, 0.717) is 12.6 Å². The number of aromatic nitrogens is 1. The summed E-state index contributed by atoms with van der Waals surface area (Å²) in [7, 11) is 0. The number of hydrogen-bond acceptors (Lipinski definition) is 3. The first kappa shape index (κ1) is 16.0. The molecule has 1 heterocycles. The van der Waals surface area contributed by atoms with E-state index in [4.69, 9.17) is 10.7 Å². The summed E-state index contributed by atoms with van der Waals surface area (Å²) in [5, 5.41) is 0. The van der Waals surface area contributed by atoms with Crippen molar-refractivity contribution in [3.8, 4) is 0 Å². The Kier molecular flexibility index (Phi) is 6.85. The largest absolute Gasteiger partial charge is 0.354 e. The van der Waals surface area contributed by atoms with Gasteiger partial charge in [-0.1, -0.05) is 27.2 Å². The predicted molar refractivity (Wildman–Crippen MR) is 83.5 cm³/mol. The zero-order valence-corrected chi connectivity index (χ0v) is 12.9. The van der Waals surface area contributed by atoms with E-state index in [1.165, 1.54) is 18.4 Å². The molecule has 1 unspecified atom stereocenters. The molecule has 1 atom stereocenters. The number of nitrogens with two attached hydrogens (primary N) is 1. The molecule has 0 aliphatic carbocycles. The van der Waals surface area contributed by atoms with Gasteiger partial charge in [0.1, 0.15) is 5.82 Å². The van der Waals surface area contributed by atoms with Crippen LogP contribution < -0.4 is 10.6 Å². The average Bonchev–Trinajstić information content (AvgIpc) is 2.46. The maximum atomic E-state index is 5.80. The van der Waals surface area contributed by atoms with Gasteiger partial charge in [-0.2, -0.15) is 0 Å². The summed E-state index contributed by atoms with van der Waals surface area (Å²) in [6.45, 7) is 10.6. The molecule has 0 radical (unpaired) electrons. The fourth-order valence-corrected chi connectivity index (χ4v) is 2.19. The standard InChI is InChI=1S/C16H29N3/c1-5-8-9-19(13(4)6-2)16-11-14(12-17)10-15(7-3)18-16/h10-11,13H,5-9,12,17H2,1-4H3. The van der Waals surface area contributed by atoms with Crippen LogP contribution in [0.1, 0.15) is 58.2 Å². The Morgan fingerprint density at radius 1 is 1.26 bits per heavy atom. The first-order valence-corrected chi connectivity index (χ1v) is 7.62. The van der Waals surface area contributed by atoms with Crippen LogP contribution in [0.4, 0.5) is 5.82 Å². The van der Waals surface area contributed by atoms with Gasteiger partial charge in [-0.15, -0.1) is 0 Å². The van der Waals surface area contributed by atoms with E-state index in [1.54, 1.807) is 0 Å². The summed E-state index contributed by atoms with van der Waals surface area (Å²) >= 11 is 0. The molecule has 3 nitrogen and oxygen atoms in total. The van der Waals surface area contributed by atoms with Crippen LogP contribution in [-0.4, -0.2) is 17.6 Å². The fraction of sp³-hybridized carbons (Fsp3) is 0.688. The highest BCUT2D eigenvalue weighted by molar-refractivity contribution is 5.43. The first-order chi connectivity index (χ1) is 9.15. The SMILES string of the molecule is CCCCN(c1cc(CN)cc(CC)n1)C(C)CC. The van der Waals surface area contributed by atoms with E-state index in [2.05, 4.69) is 44.7 Å². The van der Waals surface area contributed by atoms with Crippen LogP contribution >= 0.6 is 0 Å². The Labute approximate surface area is 118 Å². The van der Waals surface area contributed by atoms with Crippen LogP contribution in [0.5, 0.6) is 0 Å². The second kappa shape index (κ2) is 8.16. The van der Waals surface area contributed by atoms with Gasteiger partial charge >= 0.3 is 0 Å². The van der Waals surface area contributed by atoms with Crippen LogP contribution in [0, 0.1) is 0 Å². The van der Waals surface area contributed by atoms with Crippen LogP contribution in [0.25, 0.3) is 0 Å². The van der Waals surface area contributed by atoms with Gasteiger partial charge < -0.3 is 10.6 Å². The molecule has 0 aliphatic rings. The highest BCUT2D eigenvalue weighted by Gasteiger charge is 2.15. The quantitative estimate of drug-likeness (QED) is 0.780. The lowest BCUT2D eigenvalue weighted by Crippen LogP contribution is -2.34. The van der Waals surface area contributed by atoms with E-state index < -0.39 is 0 Å². The lowest BCUT2D eigenvalue weighted by atomic mass is 10.1. The molecule has 0 saturated heterocycles. The van der Waals surface area contributed by atoms with Crippen molar-refractivity contribution in [3.05, 3.63) is 23.4 Å². The molecule has 19 heavy (non-hydrogen) atoms. The Morgan fingerprint density at radius 2 is 2.00 bits per heavy atom. The molecule has 2 N–H and O–H groups in total. The van der Waals surface area contributed by atoms with Crippen molar-refractivity contribution < 1.29 is 0 Å². The van der Waals surface area contributed by atoms with Gasteiger partial charge in [0.05, 0.1) is 0 Å². The second-order valence-corrected chi connectivity index (χ2v) is 5.19. The maximum Gasteiger partial charge on any atom is 0.129 e. The summed E-state index contributed by atoms with van der Waals surface area (Å²) < 4.78 is 0. The van der Waals surface area contributed by atoms with Crippen LogP contribution in [0.3, 0.4) is 0 Å². The smallest absolute Gasteiger partial charge is 0.129 e. The summed E-state index contributed by atoms with van der Waals surface area (Å²) in [4.78, 5) is 7.22. The third kappa shape index (κ3) is 4.50. The van der Waals surface area contributed by atoms with E-state index >= 15 is 0 Å². The molecule has 0 amide bonds. The zero-order chi connectivity index (χ0) is 14.3. The molecular formula is C16H29N3. The van der Waals surface area contributed by atoms with Crippen molar-refractivity contribution in [2.75, 3.05) is 11.4 Å².